The van der Waals surface area contributed by atoms with E-state index < -0.39 is 17.8 Å². The van der Waals surface area contributed by atoms with Gasteiger partial charge < -0.3 is 14.2 Å². The number of benzene rings is 2. The minimum atomic E-state index is -0.865. The van der Waals surface area contributed by atoms with Gasteiger partial charge in [-0.25, -0.2) is 9.69 Å². The summed E-state index contributed by atoms with van der Waals surface area (Å²) in [6, 6.07) is 10.7. The lowest BCUT2D eigenvalue weighted by Gasteiger charge is -2.27. The van der Waals surface area contributed by atoms with Crippen molar-refractivity contribution in [2.75, 3.05) is 25.7 Å². The zero-order valence-electron chi connectivity index (χ0n) is 16.2. The van der Waals surface area contributed by atoms with Crippen LogP contribution in [-0.4, -0.2) is 38.7 Å². The zero-order valence-corrected chi connectivity index (χ0v) is 16.2. The largest absolute Gasteiger partial charge is 0.497 e. The molecule has 0 aliphatic carbocycles. The number of hydrogen-bond acceptors (Lipinski definition) is 6. The van der Waals surface area contributed by atoms with Gasteiger partial charge in [0.15, 0.2) is 0 Å². The lowest BCUT2D eigenvalue weighted by molar-refractivity contribution is -0.122. The van der Waals surface area contributed by atoms with Crippen LogP contribution < -0.4 is 24.4 Å². The molecule has 1 heterocycles. The van der Waals surface area contributed by atoms with Crippen LogP contribution in [-0.2, 0) is 9.59 Å². The van der Waals surface area contributed by atoms with E-state index in [1.807, 2.05) is 6.92 Å². The van der Waals surface area contributed by atoms with Crippen LogP contribution in [0.25, 0.3) is 6.08 Å². The van der Waals surface area contributed by atoms with Crippen molar-refractivity contribution in [3.63, 3.8) is 0 Å². The summed E-state index contributed by atoms with van der Waals surface area (Å²) in [5.74, 6) is -0.155. The summed E-state index contributed by atoms with van der Waals surface area (Å²) >= 11 is 0. The third kappa shape index (κ3) is 4.06. The third-order valence-corrected chi connectivity index (χ3v) is 4.23. The highest BCUT2D eigenvalue weighted by atomic mass is 16.5. The number of urea groups is 1. The highest BCUT2D eigenvalue weighted by molar-refractivity contribution is 6.39. The Hall–Kier alpha value is -3.81. The van der Waals surface area contributed by atoms with E-state index in [9.17, 15) is 14.4 Å². The standard InChI is InChI=1S/C21H20N2O6/c1-4-29-14-7-5-13(6-8-14)11-16-19(24)22-21(26)23(20(16)25)17-12-15(27-2)9-10-18(17)28-3/h5-12H,4H2,1-3H3,(H,22,24,26)/b16-11-. The van der Waals surface area contributed by atoms with Gasteiger partial charge in [-0.3, -0.25) is 14.9 Å². The van der Waals surface area contributed by atoms with Crippen LogP contribution in [0.5, 0.6) is 17.2 Å². The molecule has 0 saturated carbocycles. The van der Waals surface area contributed by atoms with E-state index >= 15 is 0 Å². The quantitative estimate of drug-likeness (QED) is 0.596. The molecule has 150 valence electrons. The molecule has 0 aromatic heterocycles. The third-order valence-electron chi connectivity index (χ3n) is 4.23. The summed E-state index contributed by atoms with van der Waals surface area (Å²) in [6.07, 6.45) is 1.42. The Labute approximate surface area is 167 Å². The maximum absolute atomic E-state index is 13.0. The molecule has 4 amide bonds. The second-order valence-corrected chi connectivity index (χ2v) is 6.00. The normalized spacial score (nSPS) is 15.3. The summed E-state index contributed by atoms with van der Waals surface area (Å²) in [6.45, 7) is 2.40. The van der Waals surface area contributed by atoms with Crippen molar-refractivity contribution in [1.29, 1.82) is 0 Å². The second kappa shape index (κ2) is 8.47. The van der Waals surface area contributed by atoms with E-state index in [2.05, 4.69) is 5.32 Å². The Morgan fingerprint density at radius 1 is 0.966 bits per heavy atom. The highest BCUT2D eigenvalue weighted by Gasteiger charge is 2.38. The molecule has 0 atom stereocenters. The molecule has 1 fully saturated rings. The zero-order chi connectivity index (χ0) is 21.0. The maximum Gasteiger partial charge on any atom is 0.336 e. The number of methoxy groups -OCH3 is 2. The minimum Gasteiger partial charge on any atom is -0.497 e. The van der Waals surface area contributed by atoms with Gasteiger partial charge in [0.25, 0.3) is 11.8 Å². The van der Waals surface area contributed by atoms with Crippen molar-refractivity contribution in [2.45, 2.75) is 6.92 Å². The number of imide groups is 2. The highest BCUT2D eigenvalue weighted by Crippen LogP contribution is 2.34. The molecular weight excluding hydrogens is 376 g/mol. The fourth-order valence-corrected chi connectivity index (χ4v) is 2.84. The second-order valence-electron chi connectivity index (χ2n) is 6.00. The van der Waals surface area contributed by atoms with Crippen molar-refractivity contribution in [1.82, 2.24) is 5.32 Å². The lowest BCUT2D eigenvalue weighted by Crippen LogP contribution is -2.54. The topological polar surface area (TPSA) is 94.2 Å². The Morgan fingerprint density at radius 3 is 2.28 bits per heavy atom. The number of barbiturate groups is 1. The number of carbonyl (C=O) groups excluding carboxylic acids is 3. The molecule has 3 rings (SSSR count). The van der Waals surface area contributed by atoms with Gasteiger partial charge in [-0.2, -0.15) is 0 Å². The predicted molar refractivity (Wildman–Crippen MR) is 106 cm³/mol. The van der Waals surface area contributed by atoms with Crippen LogP contribution in [0.4, 0.5) is 10.5 Å². The summed E-state index contributed by atoms with van der Waals surface area (Å²) in [4.78, 5) is 38.6. The lowest BCUT2D eigenvalue weighted by atomic mass is 10.1. The average Bonchev–Trinajstić information content (AvgIpc) is 2.72. The van der Waals surface area contributed by atoms with Crippen LogP contribution in [0.2, 0.25) is 0 Å². The van der Waals surface area contributed by atoms with Crippen molar-refractivity contribution in [2.24, 2.45) is 0 Å². The average molecular weight is 396 g/mol. The van der Waals surface area contributed by atoms with Crippen LogP contribution in [0.15, 0.2) is 48.0 Å². The van der Waals surface area contributed by atoms with Crippen molar-refractivity contribution in [3.8, 4) is 17.2 Å². The number of rotatable bonds is 6. The maximum atomic E-state index is 13.0. The molecule has 0 bridgehead atoms. The van der Waals surface area contributed by atoms with Gasteiger partial charge >= 0.3 is 6.03 Å². The van der Waals surface area contributed by atoms with Gasteiger partial charge in [-0.05, 0) is 42.8 Å². The fraction of sp³-hybridized carbons (Fsp3) is 0.190. The fourth-order valence-electron chi connectivity index (χ4n) is 2.84. The SMILES string of the molecule is CCOc1ccc(/C=C2/C(=O)NC(=O)N(c3cc(OC)ccc3OC)C2=O)cc1. The Morgan fingerprint density at radius 2 is 1.66 bits per heavy atom. The molecule has 0 radical (unpaired) electrons. The Bertz CT molecular complexity index is 981. The summed E-state index contributed by atoms with van der Waals surface area (Å²) in [5.41, 5.74) is 0.594. The van der Waals surface area contributed by atoms with Crippen LogP contribution in [0, 0.1) is 0 Å². The smallest absolute Gasteiger partial charge is 0.336 e. The first kappa shape index (κ1) is 19.9. The van der Waals surface area contributed by atoms with E-state index in [1.54, 1.807) is 36.4 Å². The van der Waals surface area contributed by atoms with Crippen molar-refractivity contribution >= 4 is 29.6 Å². The van der Waals surface area contributed by atoms with Crippen molar-refractivity contribution in [3.05, 3.63) is 53.6 Å². The van der Waals surface area contributed by atoms with E-state index in [0.29, 0.717) is 23.7 Å². The monoisotopic (exact) mass is 396 g/mol. The summed E-state index contributed by atoms with van der Waals surface area (Å²) in [5, 5.41) is 2.19. The molecule has 29 heavy (non-hydrogen) atoms. The first-order chi connectivity index (χ1) is 14.0. The summed E-state index contributed by atoms with van der Waals surface area (Å²) < 4.78 is 15.8. The first-order valence-corrected chi connectivity index (χ1v) is 8.84. The molecule has 2 aromatic carbocycles. The Kier molecular flexibility index (Phi) is 5.82. The number of anilines is 1. The molecule has 2 aromatic rings. The Balaban J connectivity index is 2.00. The van der Waals surface area contributed by atoms with Gasteiger partial charge in [0.2, 0.25) is 0 Å². The molecule has 8 nitrogen and oxygen atoms in total. The predicted octanol–water partition coefficient (Wildman–Crippen LogP) is 2.77. The van der Waals surface area contributed by atoms with Gasteiger partial charge in [0.05, 0.1) is 26.5 Å². The van der Waals surface area contributed by atoms with Gasteiger partial charge in [0.1, 0.15) is 22.8 Å². The van der Waals surface area contributed by atoms with E-state index in [0.717, 1.165) is 4.90 Å². The van der Waals surface area contributed by atoms with Crippen LogP contribution in [0.3, 0.4) is 0 Å². The number of carbonyl (C=O) groups is 3. The van der Waals surface area contributed by atoms with Crippen LogP contribution in [0.1, 0.15) is 12.5 Å². The molecule has 1 saturated heterocycles. The molecular formula is C21H20N2O6. The molecule has 0 spiro atoms. The number of amides is 4. The summed E-state index contributed by atoms with van der Waals surface area (Å²) in [7, 11) is 2.88. The number of nitrogens with one attached hydrogen (secondary N) is 1. The molecule has 1 aliphatic heterocycles. The first-order valence-electron chi connectivity index (χ1n) is 8.84. The van der Waals surface area contributed by atoms with Crippen molar-refractivity contribution < 1.29 is 28.6 Å². The minimum absolute atomic E-state index is 0.166. The van der Waals surface area contributed by atoms with Gasteiger partial charge in [0, 0.05) is 6.07 Å². The molecule has 1 N–H and O–H groups in total. The van der Waals surface area contributed by atoms with Crippen LogP contribution >= 0.6 is 0 Å². The number of ether oxygens (including phenoxy) is 3. The molecule has 0 unspecified atom stereocenters. The number of nitrogens with zero attached hydrogens (tertiary/aromatic N) is 1. The van der Waals surface area contributed by atoms with E-state index in [1.165, 1.54) is 26.4 Å². The molecule has 1 aliphatic rings. The van der Waals surface area contributed by atoms with E-state index in [4.69, 9.17) is 14.2 Å². The molecule has 8 heteroatoms. The number of hydrogen-bond donors (Lipinski definition) is 1. The van der Waals surface area contributed by atoms with Gasteiger partial charge in [-0.1, -0.05) is 12.1 Å². The van der Waals surface area contributed by atoms with E-state index in [-0.39, 0.29) is 17.0 Å². The van der Waals surface area contributed by atoms with Gasteiger partial charge in [-0.15, -0.1) is 0 Å².